The highest BCUT2D eigenvalue weighted by atomic mass is 32.2. The molecular weight excluding hydrogens is 358 g/mol. The van der Waals surface area contributed by atoms with Gasteiger partial charge in [0.25, 0.3) is 10.0 Å². The van der Waals surface area contributed by atoms with E-state index in [1.807, 2.05) is 0 Å². The largest absolute Gasteiger partial charge is 0.465 e. The maximum atomic E-state index is 13.0. The summed E-state index contributed by atoms with van der Waals surface area (Å²) in [6, 6.07) is 13.6. The van der Waals surface area contributed by atoms with Gasteiger partial charge in [-0.15, -0.1) is 0 Å². The van der Waals surface area contributed by atoms with Gasteiger partial charge in [0.15, 0.2) is 0 Å². The van der Waals surface area contributed by atoms with Crippen molar-refractivity contribution in [3.8, 4) is 0 Å². The molecule has 0 heterocycles. The van der Waals surface area contributed by atoms with Crippen molar-refractivity contribution >= 4 is 27.6 Å². The van der Waals surface area contributed by atoms with Crippen LogP contribution in [0, 0.1) is 0 Å². The van der Waals surface area contributed by atoms with E-state index in [2.05, 4.69) is 4.74 Å². The van der Waals surface area contributed by atoms with Gasteiger partial charge in [-0.3, -0.25) is 9.10 Å². The molecule has 26 heavy (non-hydrogen) atoms. The van der Waals surface area contributed by atoms with Gasteiger partial charge in [0.2, 0.25) is 0 Å². The van der Waals surface area contributed by atoms with Crippen LogP contribution in [-0.4, -0.2) is 40.6 Å². The molecular formula is C18H19NO6S. The SMILES string of the molecule is CCOC(=O)CN(c1cccc(C(=O)OC)c1)S(=O)(=O)c1ccccc1. The fraction of sp³-hybridized carbons (Fsp3) is 0.222. The number of rotatable bonds is 7. The molecule has 0 atom stereocenters. The molecule has 0 fully saturated rings. The third kappa shape index (κ3) is 4.40. The summed E-state index contributed by atoms with van der Waals surface area (Å²) in [6.45, 7) is 1.24. The van der Waals surface area contributed by atoms with Crippen molar-refractivity contribution in [3.63, 3.8) is 0 Å². The number of sulfonamides is 1. The van der Waals surface area contributed by atoms with Gasteiger partial charge >= 0.3 is 11.9 Å². The van der Waals surface area contributed by atoms with Crippen molar-refractivity contribution in [1.29, 1.82) is 0 Å². The monoisotopic (exact) mass is 377 g/mol. The number of hydrogen-bond donors (Lipinski definition) is 0. The number of methoxy groups -OCH3 is 1. The van der Waals surface area contributed by atoms with E-state index in [9.17, 15) is 18.0 Å². The van der Waals surface area contributed by atoms with Gasteiger partial charge in [0.05, 0.1) is 29.9 Å². The highest BCUT2D eigenvalue weighted by Crippen LogP contribution is 2.25. The Kier molecular flexibility index (Phi) is 6.35. The molecule has 138 valence electrons. The fourth-order valence-electron chi connectivity index (χ4n) is 2.26. The summed E-state index contributed by atoms with van der Waals surface area (Å²) in [6.07, 6.45) is 0. The molecule has 0 aliphatic carbocycles. The lowest BCUT2D eigenvalue weighted by atomic mass is 10.2. The zero-order valence-corrected chi connectivity index (χ0v) is 15.2. The van der Waals surface area contributed by atoms with E-state index in [1.165, 1.54) is 43.5 Å². The maximum absolute atomic E-state index is 13.0. The Morgan fingerprint density at radius 2 is 1.73 bits per heavy atom. The molecule has 0 aliphatic heterocycles. The zero-order valence-electron chi connectivity index (χ0n) is 14.4. The second-order valence-electron chi connectivity index (χ2n) is 5.17. The van der Waals surface area contributed by atoms with E-state index in [4.69, 9.17) is 4.74 Å². The third-order valence-electron chi connectivity index (χ3n) is 3.46. The molecule has 8 heteroatoms. The van der Waals surface area contributed by atoms with E-state index in [1.54, 1.807) is 25.1 Å². The van der Waals surface area contributed by atoms with Crippen molar-refractivity contribution in [2.24, 2.45) is 0 Å². The molecule has 0 saturated heterocycles. The molecule has 0 spiro atoms. The predicted octanol–water partition coefficient (Wildman–Crippen LogP) is 2.23. The zero-order chi connectivity index (χ0) is 19.2. The van der Waals surface area contributed by atoms with Crippen LogP contribution in [0.3, 0.4) is 0 Å². The molecule has 0 unspecified atom stereocenters. The van der Waals surface area contributed by atoms with E-state index < -0.39 is 28.5 Å². The van der Waals surface area contributed by atoms with Crippen LogP contribution >= 0.6 is 0 Å². The quantitative estimate of drug-likeness (QED) is 0.688. The third-order valence-corrected chi connectivity index (χ3v) is 5.25. The Morgan fingerprint density at radius 3 is 2.35 bits per heavy atom. The summed E-state index contributed by atoms with van der Waals surface area (Å²) in [5, 5.41) is 0. The number of benzene rings is 2. The second-order valence-corrected chi connectivity index (χ2v) is 7.03. The van der Waals surface area contributed by atoms with Gasteiger partial charge in [-0.1, -0.05) is 24.3 Å². The van der Waals surface area contributed by atoms with Crippen LogP contribution in [0.1, 0.15) is 17.3 Å². The van der Waals surface area contributed by atoms with Gasteiger partial charge in [0.1, 0.15) is 6.54 Å². The normalized spacial score (nSPS) is 10.8. The van der Waals surface area contributed by atoms with Crippen LogP contribution < -0.4 is 4.31 Å². The number of esters is 2. The van der Waals surface area contributed by atoms with Crippen LogP contribution in [0.25, 0.3) is 0 Å². The molecule has 0 bridgehead atoms. The minimum absolute atomic E-state index is 0.0211. The fourth-order valence-corrected chi connectivity index (χ4v) is 3.69. The first-order valence-electron chi connectivity index (χ1n) is 7.82. The minimum atomic E-state index is -4.04. The summed E-state index contributed by atoms with van der Waals surface area (Å²) < 4.78 is 36.5. The van der Waals surface area contributed by atoms with Gasteiger partial charge in [0, 0.05) is 0 Å². The molecule has 7 nitrogen and oxygen atoms in total. The van der Waals surface area contributed by atoms with Crippen molar-refractivity contribution in [3.05, 3.63) is 60.2 Å². The van der Waals surface area contributed by atoms with E-state index >= 15 is 0 Å². The number of carbonyl (C=O) groups is 2. The average Bonchev–Trinajstić information content (AvgIpc) is 2.66. The number of anilines is 1. The number of carbonyl (C=O) groups excluding carboxylic acids is 2. The maximum Gasteiger partial charge on any atom is 0.337 e. The molecule has 0 N–H and O–H groups in total. The highest BCUT2D eigenvalue weighted by Gasteiger charge is 2.28. The van der Waals surface area contributed by atoms with Crippen molar-refractivity contribution in [1.82, 2.24) is 0 Å². The van der Waals surface area contributed by atoms with Gasteiger partial charge < -0.3 is 9.47 Å². The van der Waals surface area contributed by atoms with Gasteiger partial charge in [-0.25, -0.2) is 13.2 Å². The van der Waals surface area contributed by atoms with Gasteiger partial charge in [-0.2, -0.15) is 0 Å². The lowest BCUT2D eigenvalue weighted by Gasteiger charge is -2.24. The second kappa shape index (κ2) is 8.48. The Hall–Kier alpha value is -2.87. The molecule has 2 aromatic carbocycles. The summed E-state index contributed by atoms with van der Waals surface area (Å²) >= 11 is 0. The van der Waals surface area contributed by atoms with Crippen LogP contribution in [0.5, 0.6) is 0 Å². The Morgan fingerprint density at radius 1 is 1.04 bits per heavy atom. The smallest absolute Gasteiger partial charge is 0.337 e. The summed E-state index contributed by atoms with van der Waals surface area (Å²) in [4.78, 5) is 23.7. The first kappa shape index (κ1) is 19.5. The van der Waals surface area contributed by atoms with Crippen molar-refractivity contribution < 1.29 is 27.5 Å². The Balaban J connectivity index is 2.51. The first-order chi connectivity index (χ1) is 12.4. The molecule has 0 radical (unpaired) electrons. The number of nitrogens with zero attached hydrogens (tertiary/aromatic N) is 1. The van der Waals surface area contributed by atoms with Crippen LogP contribution in [0.2, 0.25) is 0 Å². The summed E-state index contributed by atoms with van der Waals surface area (Å²) in [5.41, 5.74) is 0.326. The van der Waals surface area contributed by atoms with E-state index in [-0.39, 0.29) is 22.8 Å². The standard InChI is InChI=1S/C18H19NO6S/c1-3-25-17(20)13-19(26(22,23)16-10-5-4-6-11-16)15-9-7-8-14(12-15)18(21)24-2/h4-12H,3,13H2,1-2H3. The molecule has 0 saturated carbocycles. The average molecular weight is 377 g/mol. The number of hydrogen-bond acceptors (Lipinski definition) is 6. The minimum Gasteiger partial charge on any atom is -0.465 e. The van der Waals surface area contributed by atoms with Crippen LogP contribution in [0.15, 0.2) is 59.5 Å². The van der Waals surface area contributed by atoms with Crippen LogP contribution in [-0.2, 0) is 24.3 Å². The lowest BCUT2D eigenvalue weighted by Crippen LogP contribution is -2.36. The molecule has 0 aromatic heterocycles. The molecule has 2 rings (SSSR count). The molecule has 0 amide bonds. The van der Waals surface area contributed by atoms with Crippen molar-refractivity contribution in [2.75, 3.05) is 24.6 Å². The summed E-state index contributed by atoms with van der Waals surface area (Å²) in [5.74, 6) is -1.31. The highest BCUT2D eigenvalue weighted by molar-refractivity contribution is 7.92. The first-order valence-corrected chi connectivity index (χ1v) is 9.26. The Labute approximate surface area is 152 Å². The van der Waals surface area contributed by atoms with Gasteiger partial charge in [-0.05, 0) is 37.3 Å². The van der Waals surface area contributed by atoms with Crippen molar-refractivity contribution in [2.45, 2.75) is 11.8 Å². The lowest BCUT2D eigenvalue weighted by molar-refractivity contribution is -0.141. The molecule has 0 aliphatic rings. The Bertz CT molecular complexity index is 880. The van der Waals surface area contributed by atoms with E-state index in [0.717, 1.165) is 4.31 Å². The molecule has 2 aromatic rings. The van der Waals surface area contributed by atoms with E-state index in [0.29, 0.717) is 0 Å². The predicted molar refractivity (Wildman–Crippen MR) is 95.4 cm³/mol. The van der Waals surface area contributed by atoms with Crippen LogP contribution in [0.4, 0.5) is 5.69 Å². The topological polar surface area (TPSA) is 90.0 Å². The number of ether oxygens (including phenoxy) is 2. The summed E-state index contributed by atoms with van der Waals surface area (Å²) in [7, 11) is -2.81.